The molecule has 0 rings (SSSR count). The first-order valence-corrected chi connectivity index (χ1v) is 8.81. The molecule has 0 fully saturated rings. The predicted molar refractivity (Wildman–Crippen MR) is 96.8 cm³/mol. The van der Waals surface area contributed by atoms with E-state index in [-0.39, 0.29) is 19.4 Å². The van der Waals surface area contributed by atoms with Crippen molar-refractivity contribution in [2.45, 2.75) is 24.4 Å². The van der Waals surface area contributed by atoms with Crippen LogP contribution in [0.25, 0.3) is 0 Å². The minimum absolute atomic E-state index is 0.0428. The van der Waals surface area contributed by atoms with Crippen molar-refractivity contribution in [3.05, 3.63) is 0 Å². The average molecular weight is 454 g/mol. The van der Waals surface area contributed by atoms with Gasteiger partial charge >= 0.3 is 23.9 Å². The molecule has 0 aliphatic rings. The Kier molecular flexibility index (Phi) is 13.1. The first-order valence-electron chi connectivity index (χ1n) is 8.81. The summed E-state index contributed by atoms with van der Waals surface area (Å²) < 4.78 is 4.68. The van der Waals surface area contributed by atoms with Gasteiger partial charge in [-0.05, 0) is 0 Å². The quantitative estimate of drug-likeness (QED) is 0.0803. The third-order valence-corrected chi connectivity index (χ3v) is 3.83. The number of rotatable bonds is 17. The summed E-state index contributed by atoms with van der Waals surface area (Å²) in [5.74, 6) is -5.22. The number of carboxylic acids is 3. The largest absolute Gasteiger partial charge is 0.480 e. The van der Waals surface area contributed by atoms with E-state index in [4.69, 9.17) is 20.4 Å². The first kappa shape index (κ1) is 28.3. The summed E-state index contributed by atoms with van der Waals surface area (Å²) in [5.41, 5.74) is 0. The Bertz CT molecular complexity index is 613. The molecule has 0 saturated heterocycles. The topological polar surface area (TPSA) is 243 Å². The highest BCUT2D eigenvalue weighted by Crippen LogP contribution is 2.08. The fourth-order valence-electron chi connectivity index (χ4n) is 2.36. The van der Waals surface area contributed by atoms with Crippen molar-refractivity contribution >= 4 is 30.2 Å². The summed E-state index contributed by atoms with van der Waals surface area (Å²) in [7, 11) is 0. The summed E-state index contributed by atoms with van der Waals surface area (Å²) in [4.78, 5) is 57.7. The Hall–Kier alpha value is -2.69. The van der Waals surface area contributed by atoms with E-state index in [0.717, 1.165) is 9.80 Å². The van der Waals surface area contributed by atoms with E-state index >= 15 is 0 Å². The molecule has 0 saturated carbocycles. The van der Waals surface area contributed by atoms with Crippen molar-refractivity contribution in [3.8, 4) is 0 Å². The maximum Gasteiger partial charge on any atom is 0.320 e. The van der Waals surface area contributed by atoms with Crippen LogP contribution in [0.1, 0.15) is 0 Å². The lowest BCUT2D eigenvalue weighted by molar-refractivity contribution is -0.169. The summed E-state index contributed by atoms with van der Waals surface area (Å²) in [6.07, 6.45) is -7.92. The molecule has 15 heteroatoms. The Labute approximate surface area is 175 Å². The normalized spacial score (nSPS) is 15.2. The van der Waals surface area contributed by atoms with Crippen molar-refractivity contribution in [1.29, 1.82) is 0 Å². The molecule has 4 atom stereocenters. The van der Waals surface area contributed by atoms with E-state index in [1.807, 2.05) is 0 Å². The van der Waals surface area contributed by atoms with Crippen molar-refractivity contribution in [2.75, 3.05) is 45.9 Å². The van der Waals surface area contributed by atoms with Gasteiger partial charge in [0.2, 0.25) is 0 Å². The number of aldehydes is 1. The minimum atomic E-state index is -2.09. The molecule has 0 bridgehead atoms. The lowest BCUT2D eigenvalue weighted by Gasteiger charge is -2.27. The third kappa shape index (κ3) is 11.9. The summed E-state index contributed by atoms with van der Waals surface area (Å²) in [6, 6.07) is 0. The molecule has 0 amide bonds. The van der Waals surface area contributed by atoms with Crippen LogP contribution in [0.5, 0.6) is 0 Å². The third-order valence-electron chi connectivity index (χ3n) is 3.83. The molecule has 0 aromatic rings. The fraction of sp³-hybridized carbons (Fsp3) is 0.688. The second-order valence-electron chi connectivity index (χ2n) is 6.42. The number of hydrogen-bond donors (Lipinski definition) is 7. The Morgan fingerprint density at radius 3 is 1.55 bits per heavy atom. The van der Waals surface area contributed by atoms with Crippen molar-refractivity contribution < 1.29 is 64.5 Å². The second kappa shape index (κ2) is 14.3. The number of aliphatic hydroxyl groups excluding tert-OH is 4. The zero-order valence-electron chi connectivity index (χ0n) is 16.3. The van der Waals surface area contributed by atoms with Gasteiger partial charge in [0.05, 0.1) is 32.8 Å². The number of esters is 1. The van der Waals surface area contributed by atoms with Crippen LogP contribution in [0.4, 0.5) is 0 Å². The van der Waals surface area contributed by atoms with Crippen LogP contribution in [0, 0.1) is 0 Å². The molecule has 0 aliphatic heterocycles. The van der Waals surface area contributed by atoms with Crippen molar-refractivity contribution in [1.82, 2.24) is 9.80 Å². The van der Waals surface area contributed by atoms with Crippen molar-refractivity contribution in [3.63, 3.8) is 0 Å². The first-order chi connectivity index (χ1) is 14.4. The molecule has 15 nitrogen and oxygen atoms in total. The number of carbonyl (C=O) groups excluding carboxylic acids is 2. The van der Waals surface area contributed by atoms with Gasteiger partial charge in [-0.2, -0.15) is 0 Å². The zero-order chi connectivity index (χ0) is 24.1. The smallest absolute Gasteiger partial charge is 0.320 e. The maximum absolute atomic E-state index is 12.0. The Balaban J connectivity index is 5.06. The van der Waals surface area contributed by atoms with Crippen LogP contribution < -0.4 is 0 Å². The number of aliphatic hydroxyl groups is 4. The van der Waals surface area contributed by atoms with Gasteiger partial charge in [-0.15, -0.1) is 0 Å². The lowest BCUT2D eigenvalue weighted by Crippen LogP contribution is -2.49. The molecule has 0 aromatic carbocycles. The van der Waals surface area contributed by atoms with Gasteiger partial charge in [0.15, 0.2) is 12.4 Å². The van der Waals surface area contributed by atoms with E-state index in [1.165, 1.54) is 0 Å². The van der Waals surface area contributed by atoms with Crippen LogP contribution in [0.2, 0.25) is 0 Å². The van der Waals surface area contributed by atoms with Gasteiger partial charge in [-0.1, -0.05) is 0 Å². The fourth-order valence-corrected chi connectivity index (χ4v) is 2.36. The van der Waals surface area contributed by atoms with Crippen LogP contribution in [-0.4, -0.2) is 146 Å². The molecule has 0 radical (unpaired) electrons. The maximum atomic E-state index is 12.0. The van der Waals surface area contributed by atoms with Gasteiger partial charge in [-0.3, -0.25) is 33.8 Å². The Morgan fingerprint density at radius 1 is 0.774 bits per heavy atom. The Morgan fingerprint density at radius 2 is 1.19 bits per heavy atom. The average Bonchev–Trinajstić information content (AvgIpc) is 2.66. The SMILES string of the molecule is O=C[C@H](OC(=O)CN(CCN(CC(=O)O)CC(=O)O)CC(=O)O)[C@@H](O)[C@H](O)[C@H](O)CO. The van der Waals surface area contributed by atoms with E-state index in [2.05, 4.69) is 4.74 Å². The van der Waals surface area contributed by atoms with E-state index in [0.29, 0.717) is 0 Å². The van der Waals surface area contributed by atoms with Gasteiger partial charge in [-0.25, -0.2) is 0 Å². The number of aliphatic carboxylic acids is 3. The number of carbonyl (C=O) groups is 5. The second-order valence-corrected chi connectivity index (χ2v) is 6.42. The van der Waals surface area contributed by atoms with Crippen LogP contribution in [-0.2, 0) is 28.7 Å². The molecular weight excluding hydrogens is 428 g/mol. The number of ether oxygens (including phenoxy) is 1. The molecule has 0 aromatic heterocycles. The van der Waals surface area contributed by atoms with Crippen molar-refractivity contribution in [2.24, 2.45) is 0 Å². The molecular formula is C16H26N2O13. The van der Waals surface area contributed by atoms with Gasteiger partial charge in [0, 0.05) is 13.1 Å². The highest BCUT2D eigenvalue weighted by atomic mass is 16.6. The molecule has 7 N–H and O–H groups in total. The van der Waals surface area contributed by atoms with Crippen LogP contribution in [0.3, 0.4) is 0 Å². The van der Waals surface area contributed by atoms with E-state index in [1.54, 1.807) is 0 Å². The lowest BCUT2D eigenvalue weighted by atomic mass is 10.0. The van der Waals surface area contributed by atoms with Crippen LogP contribution in [0.15, 0.2) is 0 Å². The minimum Gasteiger partial charge on any atom is -0.480 e. The van der Waals surface area contributed by atoms with Gasteiger partial charge < -0.3 is 40.5 Å². The molecule has 178 valence electrons. The highest BCUT2D eigenvalue weighted by Gasteiger charge is 2.34. The molecule has 31 heavy (non-hydrogen) atoms. The van der Waals surface area contributed by atoms with E-state index < -0.39 is 81.1 Å². The van der Waals surface area contributed by atoms with Crippen LogP contribution >= 0.6 is 0 Å². The molecule has 0 spiro atoms. The molecule has 0 aliphatic carbocycles. The standard InChI is InChI=1S/C16H26N2O13/c19-7-9(21)15(29)16(30)10(8-20)31-14(28)6-18(5-13(26)27)2-1-17(3-11(22)23)4-12(24)25/h8-10,15-16,19,21,29-30H,1-7H2,(H,22,23)(H,24,25)(H,26,27)/t9-,10+,15-,16-/m1/s1. The van der Waals surface area contributed by atoms with Gasteiger partial charge in [0.25, 0.3) is 0 Å². The van der Waals surface area contributed by atoms with Gasteiger partial charge in [0.1, 0.15) is 18.3 Å². The summed E-state index contributed by atoms with van der Waals surface area (Å²) in [5, 5.41) is 64.0. The molecule has 0 unspecified atom stereocenters. The molecule has 0 heterocycles. The van der Waals surface area contributed by atoms with E-state index in [9.17, 15) is 39.3 Å². The monoisotopic (exact) mass is 454 g/mol. The number of nitrogens with zero attached hydrogens (tertiary/aromatic N) is 2. The summed E-state index contributed by atoms with van der Waals surface area (Å²) in [6.45, 7) is -4.21. The highest BCUT2D eigenvalue weighted by molar-refractivity contribution is 5.76. The predicted octanol–water partition coefficient (Wildman–Crippen LogP) is -4.97. The number of carboxylic acid groups (broad SMARTS) is 3. The number of hydrogen-bond acceptors (Lipinski definition) is 12. The summed E-state index contributed by atoms with van der Waals surface area (Å²) >= 11 is 0. The zero-order valence-corrected chi connectivity index (χ0v) is 16.3.